The maximum Gasteiger partial charge on any atom is 0.210 e. The van der Waals surface area contributed by atoms with E-state index in [1.54, 1.807) is 17.9 Å². The van der Waals surface area contributed by atoms with Crippen LogP contribution in [0.1, 0.15) is 0 Å². The second-order valence-corrected chi connectivity index (χ2v) is 3.04. The molecule has 0 bridgehead atoms. The molecule has 0 amide bonds. The summed E-state index contributed by atoms with van der Waals surface area (Å²) in [5.41, 5.74) is 9.53. The maximum atomic E-state index is 8.46. The molecule has 0 fully saturated rings. The van der Waals surface area contributed by atoms with Gasteiger partial charge in [-0.25, -0.2) is 0 Å². The van der Waals surface area contributed by atoms with Crippen LogP contribution in [0.4, 0.5) is 5.82 Å². The fourth-order valence-corrected chi connectivity index (χ4v) is 1.52. The van der Waals surface area contributed by atoms with E-state index in [1.165, 1.54) is 4.63 Å². The normalized spacial score (nSPS) is 10.8. The van der Waals surface area contributed by atoms with Crippen molar-refractivity contribution in [2.24, 2.45) is 12.2 Å². The van der Waals surface area contributed by atoms with Crippen molar-refractivity contribution in [2.45, 2.75) is 0 Å². The third-order valence-electron chi connectivity index (χ3n) is 2.17. The lowest BCUT2D eigenvalue weighted by Crippen LogP contribution is -1.97. The van der Waals surface area contributed by atoms with Crippen LogP contribution in [0.15, 0.2) is 11.3 Å². The lowest BCUT2D eigenvalue weighted by molar-refractivity contribution is 0.732. The first-order valence-corrected chi connectivity index (χ1v) is 4.26. The monoisotopic (exact) mass is 216 g/mol. The summed E-state index contributed by atoms with van der Waals surface area (Å²) >= 11 is 0. The molecule has 0 saturated carbocycles. The van der Waals surface area contributed by atoms with E-state index < -0.39 is 0 Å². The Morgan fingerprint density at radius 3 is 3.19 bits per heavy atom. The maximum absolute atomic E-state index is 8.46. The van der Waals surface area contributed by atoms with Crippen LogP contribution in [0.5, 0.6) is 0 Å². The molecule has 0 unspecified atom stereocenters. The smallest absolute Gasteiger partial charge is 0.210 e. The zero-order chi connectivity index (χ0) is 11.1. The van der Waals surface area contributed by atoms with Gasteiger partial charge in [0, 0.05) is 12.0 Å². The van der Waals surface area contributed by atoms with Crippen LogP contribution in [0.2, 0.25) is 0 Å². The molecule has 0 aromatic carbocycles. The van der Waals surface area contributed by atoms with E-state index in [-0.39, 0.29) is 5.82 Å². The molecule has 0 N–H and O–H groups in total. The van der Waals surface area contributed by atoms with Gasteiger partial charge >= 0.3 is 0 Å². The van der Waals surface area contributed by atoms with Crippen molar-refractivity contribution in [1.82, 2.24) is 35.0 Å². The lowest BCUT2D eigenvalue weighted by Gasteiger charge is -1.98. The molecule has 0 spiro atoms. The molecule has 0 aliphatic rings. The Bertz CT molecular complexity index is 728. The summed E-state index contributed by atoms with van der Waals surface area (Å²) in [7, 11) is 1.72. The minimum Gasteiger partial charge on any atom is -0.266 e. The van der Waals surface area contributed by atoms with Gasteiger partial charge in [-0.15, -0.1) is 14.8 Å². The van der Waals surface area contributed by atoms with Gasteiger partial charge in [0.1, 0.15) is 5.52 Å². The number of hydrogen-bond donors (Lipinski definition) is 0. The number of aryl methyl sites for hydroxylation is 1. The fourth-order valence-electron chi connectivity index (χ4n) is 1.52. The van der Waals surface area contributed by atoms with Crippen molar-refractivity contribution < 1.29 is 0 Å². The summed E-state index contributed by atoms with van der Waals surface area (Å²) in [4.78, 5) is 2.71. The van der Waals surface area contributed by atoms with E-state index in [2.05, 4.69) is 35.7 Å². The second kappa shape index (κ2) is 2.87. The van der Waals surface area contributed by atoms with Crippen molar-refractivity contribution >= 4 is 22.4 Å². The largest absolute Gasteiger partial charge is 0.266 e. The van der Waals surface area contributed by atoms with E-state index in [0.717, 1.165) is 0 Å². The van der Waals surface area contributed by atoms with Gasteiger partial charge in [-0.2, -0.15) is 5.10 Å². The van der Waals surface area contributed by atoms with Gasteiger partial charge in [0.25, 0.3) is 0 Å². The molecule has 3 aromatic heterocycles. The number of rotatable bonds is 1. The Balaban J connectivity index is 2.61. The molecular weight excluding hydrogens is 212 g/mol. The number of tetrazole rings is 1. The Morgan fingerprint density at radius 2 is 2.38 bits per heavy atom. The topological polar surface area (TPSA) is 123 Å². The number of nitrogens with zero attached hydrogens (tertiary/aromatic N) is 10. The van der Waals surface area contributed by atoms with Crippen LogP contribution in [-0.2, 0) is 7.05 Å². The molecule has 0 atom stereocenters. The van der Waals surface area contributed by atoms with Gasteiger partial charge in [0.2, 0.25) is 5.65 Å². The van der Waals surface area contributed by atoms with E-state index >= 15 is 0 Å². The van der Waals surface area contributed by atoms with Gasteiger partial charge < -0.3 is 0 Å². The molecule has 16 heavy (non-hydrogen) atoms. The molecule has 0 aliphatic heterocycles. The fraction of sp³-hybridized carbons (Fsp3) is 0.167. The van der Waals surface area contributed by atoms with Crippen LogP contribution < -0.4 is 0 Å². The highest BCUT2D eigenvalue weighted by Gasteiger charge is 2.13. The molecule has 3 rings (SSSR count). The molecule has 10 heteroatoms. The molecule has 10 nitrogen and oxygen atoms in total. The first-order valence-electron chi connectivity index (χ1n) is 4.26. The second-order valence-electron chi connectivity index (χ2n) is 3.04. The molecule has 0 radical (unpaired) electrons. The van der Waals surface area contributed by atoms with E-state index in [9.17, 15) is 0 Å². The van der Waals surface area contributed by atoms with Crippen molar-refractivity contribution in [3.63, 3.8) is 0 Å². The van der Waals surface area contributed by atoms with E-state index in [1.807, 2.05) is 0 Å². The summed E-state index contributed by atoms with van der Waals surface area (Å²) in [6.45, 7) is 0. The molecule has 0 aliphatic carbocycles. The van der Waals surface area contributed by atoms with Crippen LogP contribution in [0.25, 0.3) is 27.0 Å². The van der Waals surface area contributed by atoms with Gasteiger partial charge in [-0.1, -0.05) is 0 Å². The lowest BCUT2D eigenvalue weighted by atomic mass is 10.3. The highest BCUT2D eigenvalue weighted by atomic mass is 15.6. The molecule has 78 valence electrons. The summed E-state index contributed by atoms with van der Waals surface area (Å²) in [5, 5.41) is 23.2. The standard InChI is InChI=1S/C6H4N10/c1-15-4-3(2-8-15)6-10-13-14-16(6)11-5(4)9-12-7/h2H,1H3. The van der Waals surface area contributed by atoms with Crippen molar-refractivity contribution in [1.29, 1.82) is 0 Å². The van der Waals surface area contributed by atoms with E-state index in [4.69, 9.17) is 5.53 Å². The Morgan fingerprint density at radius 1 is 1.50 bits per heavy atom. The summed E-state index contributed by atoms with van der Waals surface area (Å²) in [6.07, 6.45) is 1.60. The molecule has 3 aromatic rings. The third kappa shape index (κ3) is 0.953. The highest BCUT2D eigenvalue weighted by Crippen LogP contribution is 2.24. The summed E-state index contributed by atoms with van der Waals surface area (Å²) < 4.78 is 2.76. The first kappa shape index (κ1) is 8.56. The number of azide groups is 1. The van der Waals surface area contributed by atoms with Crippen LogP contribution >= 0.6 is 0 Å². The first-order chi connectivity index (χ1) is 7.81. The van der Waals surface area contributed by atoms with Crippen molar-refractivity contribution in [3.05, 3.63) is 16.6 Å². The average molecular weight is 216 g/mol. The Labute approximate surface area is 87.1 Å². The van der Waals surface area contributed by atoms with Crippen molar-refractivity contribution in [3.8, 4) is 0 Å². The molecule has 3 heterocycles. The third-order valence-corrected chi connectivity index (χ3v) is 2.17. The van der Waals surface area contributed by atoms with Gasteiger partial charge in [0.05, 0.1) is 11.6 Å². The van der Waals surface area contributed by atoms with Gasteiger partial charge in [-0.3, -0.25) is 4.68 Å². The summed E-state index contributed by atoms with van der Waals surface area (Å²) in [6, 6.07) is 0. The molecule has 0 saturated heterocycles. The average Bonchev–Trinajstić information content (AvgIpc) is 2.85. The minimum absolute atomic E-state index is 0.192. The number of fused-ring (bicyclic) bond motifs is 3. The van der Waals surface area contributed by atoms with Gasteiger partial charge in [-0.05, 0) is 21.1 Å². The zero-order valence-corrected chi connectivity index (χ0v) is 8.05. The van der Waals surface area contributed by atoms with Crippen LogP contribution in [0, 0.1) is 0 Å². The Hall–Kier alpha value is -2.74. The SMILES string of the molecule is Cn1ncc2c1c(N=[N+]=[N-])nn1nnnc21. The van der Waals surface area contributed by atoms with Crippen molar-refractivity contribution in [2.75, 3.05) is 0 Å². The number of aromatic nitrogens is 7. The molecular formula is C6H4N10. The highest BCUT2D eigenvalue weighted by molar-refractivity contribution is 5.96. The predicted octanol–water partition coefficient (Wildman–Crippen LogP) is 0.348. The summed E-state index contributed by atoms with van der Waals surface area (Å²) in [5.74, 6) is 0.192. The van der Waals surface area contributed by atoms with Gasteiger partial charge in [0.15, 0.2) is 5.82 Å². The Kier molecular flexibility index (Phi) is 1.54. The van der Waals surface area contributed by atoms with Crippen LogP contribution in [0.3, 0.4) is 0 Å². The van der Waals surface area contributed by atoms with Crippen LogP contribution in [-0.4, -0.2) is 35.0 Å². The number of hydrogen-bond acceptors (Lipinski definition) is 6. The quantitative estimate of drug-likeness (QED) is 0.329. The van der Waals surface area contributed by atoms with E-state index in [0.29, 0.717) is 16.6 Å². The minimum atomic E-state index is 0.192. The zero-order valence-electron chi connectivity index (χ0n) is 8.05. The predicted molar refractivity (Wildman–Crippen MR) is 51.7 cm³/mol.